The standard InChI is InChI=1S/C14H21N3O/c1-4-15-13(14-8-5-11(2)18-14)7-6-12-9-16-17(3)10-12/h5,8-10,13,15H,4,6-7H2,1-3H3. The van der Waals surface area contributed by atoms with Crippen molar-refractivity contribution in [3.8, 4) is 0 Å². The van der Waals surface area contributed by atoms with Crippen molar-refractivity contribution in [1.29, 1.82) is 0 Å². The molecule has 0 saturated heterocycles. The molecule has 2 rings (SSSR count). The number of rotatable bonds is 6. The van der Waals surface area contributed by atoms with Gasteiger partial charge in [0.05, 0.1) is 12.2 Å². The largest absolute Gasteiger partial charge is 0.465 e. The molecule has 4 nitrogen and oxygen atoms in total. The van der Waals surface area contributed by atoms with Crippen molar-refractivity contribution in [2.75, 3.05) is 6.54 Å². The first-order valence-corrected chi connectivity index (χ1v) is 6.46. The maximum atomic E-state index is 5.71. The summed E-state index contributed by atoms with van der Waals surface area (Å²) in [5.74, 6) is 1.99. The zero-order chi connectivity index (χ0) is 13.0. The van der Waals surface area contributed by atoms with Crippen molar-refractivity contribution in [2.45, 2.75) is 32.7 Å². The van der Waals surface area contributed by atoms with E-state index >= 15 is 0 Å². The maximum Gasteiger partial charge on any atom is 0.121 e. The molecule has 0 aliphatic rings. The van der Waals surface area contributed by atoms with Gasteiger partial charge in [0, 0.05) is 13.2 Å². The molecule has 4 heteroatoms. The van der Waals surface area contributed by atoms with Crippen molar-refractivity contribution in [3.05, 3.63) is 41.6 Å². The first kappa shape index (κ1) is 12.9. The fourth-order valence-electron chi connectivity index (χ4n) is 2.14. The number of nitrogens with zero attached hydrogens (tertiary/aromatic N) is 2. The zero-order valence-corrected chi connectivity index (χ0v) is 11.3. The van der Waals surface area contributed by atoms with E-state index in [1.807, 2.05) is 30.9 Å². The molecular formula is C14H21N3O. The van der Waals surface area contributed by atoms with Crippen molar-refractivity contribution in [3.63, 3.8) is 0 Å². The summed E-state index contributed by atoms with van der Waals surface area (Å²) in [6.07, 6.45) is 6.02. The van der Waals surface area contributed by atoms with E-state index in [9.17, 15) is 0 Å². The highest BCUT2D eigenvalue weighted by atomic mass is 16.3. The van der Waals surface area contributed by atoms with Crippen LogP contribution in [0.1, 0.15) is 36.5 Å². The van der Waals surface area contributed by atoms with E-state index in [1.54, 1.807) is 0 Å². The molecule has 1 atom stereocenters. The summed E-state index contributed by atoms with van der Waals surface area (Å²) in [4.78, 5) is 0. The summed E-state index contributed by atoms with van der Waals surface area (Å²) in [7, 11) is 1.95. The molecule has 1 N–H and O–H groups in total. The average molecular weight is 247 g/mol. The second kappa shape index (κ2) is 5.87. The summed E-state index contributed by atoms with van der Waals surface area (Å²) in [5, 5.41) is 7.66. The predicted molar refractivity (Wildman–Crippen MR) is 71.4 cm³/mol. The van der Waals surface area contributed by atoms with Crippen molar-refractivity contribution in [1.82, 2.24) is 15.1 Å². The number of aromatic nitrogens is 2. The summed E-state index contributed by atoms with van der Waals surface area (Å²) < 4.78 is 7.55. The van der Waals surface area contributed by atoms with Gasteiger partial charge in [0.2, 0.25) is 0 Å². The van der Waals surface area contributed by atoms with Gasteiger partial charge in [-0.15, -0.1) is 0 Å². The highest BCUT2D eigenvalue weighted by Gasteiger charge is 2.14. The lowest BCUT2D eigenvalue weighted by Gasteiger charge is -2.14. The van der Waals surface area contributed by atoms with Gasteiger partial charge in [-0.05, 0) is 44.0 Å². The van der Waals surface area contributed by atoms with Crippen LogP contribution in [0, 0.1) is 6.92 Å². The highest BCUT2D eigenvalue weighted by Crippen LogP contribution is 2.21. The van der Waals surface area contributed by atoms with Crippen LogP contribution < -0.4 is 5.32 Å². The van der Waals surface area contributed by atoms with Gasteiger partial charge >= 0.3 is 0 Å². The number of furan rings is 1. The number of nitrogens with one attached hydrogen (secondary N) is 1. The van der Waals surface area contributed by atoms with Crippen molar-refractivity contribution < 1.29 is 4.42 Å². The molecule has 2 aromatic heterocycles. The monoisotopic (exact) mass is 247 g/mol. The van der Waals surface area contributed by atoms with Crippen LogP contribution in [0.4, 0.5) is 0 Å². The third kappa shape index (κ3) is 3.23. The first-order chi connectivity index (χ1) is 8.69. The molecule has 1 unspecified atom stereocenters. The lowest BCUT2D eigenvalue weighted by atomic mass is 10.1. The summed E-state index contributed by atoms with van der Waals surface area (Å²) in [6.45, 7) is 5.04. The van der Waals surface area contributed by atoms with Crippen LogP contribution >= 0.6 is 0 Å². The lowest BCUT2D eigenvalue weighted by Crippen LogP contribution is -2.21. The Morgan fingerprint density at radius 2 is 2.28 bits per heavy atom. The molecule has 98 valence electrons. The van der Waals surface area contributed by atoms with E-state index in [-0.39, 0.29) is 6.04 Å². The zero-order valence-electron chi connectivity index (χ0n) is 11.3. The summed E-state index contributed by atoms with van der Waals surface area (Å²) in [6, 6.07) is 4.36. The van der Waals surface area contributed by atoms with Crippen LogP contribution in [0.15, 0.2) is 28.9 Å². The molecule has 0 aliphatic heterocycles. The molecule has 0 aromatic carbocycles. The quantitative estimate of drug-likeness (QED) is 0.853. The van der Waals surface area contributed by atoms with Gasteiger partial charge < -0.3 is 9.73 Å². The number of hydrogen-bond donors (Lipinski definition) is 1. The van der Waals surface area contributed by atoms with Gasteiger partial charge in [0.1, 0.15) is 11.5 Å². The van der Waals surface area contributed by atoms with Gasteiger partial charge in [-0.1, -0.05) is 6.92 Å². The van der Waals surface area contributed by atoms with Crippen LogP contribution in [0.5, 0.6) is 0 Å². The van der Waals surface area contributed by atoms with E-state index in [0.717, 1.165) is 30.9 Å². The molecule has 0 saturated carbocycles. The Morgan fingerprint density at radius 3 is 2.83 bits per heavy atom. The normalized spacial score (nSPS) is 12.8. The molecule has 0 amide bonds. The molecule has 2 heterocycles. The molecule has 0 aliphatic carbocycles. The van der Waals surface area contributed by atoms with Crippen molar-refractivity contribution >= 4 is 0 Å². The van der Waals surface area contributed by atoms with Gasteiger partial charge in [-0.2, -0.15) is 5.10 Å². The van der Waals surface area contributed by atoms with E-state index in [1.165, 1.54) is 5.56 Å². The fourth-order valence-corrected chi connectivity index (χ4v) is 2.14. The summed E-state index contributed by atoms with van der Waals surface area (Å²) in [5.41, 5.74) is 1.27. The van der Waals surface area contributed by atoms with Crippen molar-refractivity contribution in [2.24, 2.45) is 7.05 Å². The Labute approximate surface area is 108 Å². The van der Waals surface area contributed by atoms with Gasteiger partial charge in [-0.25, -0.2) is 0 Å². The lowest BCUT2D eigenvalue weighted by molar-refractivity contribution is 0.390. The van der Waals surface area contributed by atoms with Crippen LogP contribution in [-0.2, 0) is 13.5 Å². The smallest absolute Gasteiger partial charge is 0.121 e. The Kier molecular flexibility index (Phi) is 4.20. The van der Waals surface area contributed by atoms with E-state index in [4.69, 9.17) is 4.42 Å². The average Bonchev–Trinajstić information content (AvgIpc) is 2.94. The topological polar surface area (TPSA) is 43.0 Å². The SMILES string of the molecule is CCNC(CCc1cnn(C)c1)c1ccc(C)o1. The maximum absolute atomic E-state index is 5.71. The van der Waals surface area contributed by atoms with E-state index < -0.39 is 0 Å². The Hall–Kier alpha value is -1.55. The van der Waals surface area contributed by atoms with E-state index in [0.29, 0.717) is 0 Å². The second-order valence-corrected chi connectivity index (χ2v) is 4.62. The molecule has 0 radical (unpaired) electrons. The summed E-state index contributed by atoms with van der Waals surface area (Å²) >= 11 is 0. The first-order valence-electron chi connectivity index (χ1n) is 6.46. The predicted octanol–water partition coefficient (Wildman–Crippen LogP) is 2.60. The minimum atomic E-state index is 0.281. The third-order valence-corrected chi connectivity index (χ3v) is 3.04. The molecule has 2 aromatic rings. The van der Waals surface area contributed by atoms with Crippen LogP contribution in [0.2, 0.25) is 0 Å². The molecule has 0 fully saturated rings. The minimum absolute atomic E-state index is 0.281. The van der Waals surface area contributed by atoms with Gasteiger partial charge in [0.25, 0.3) is 0 Å². The molecule has 18 heavy (non-hydrogen) atoms. The minimum Gasteiger partial charge on any atom is -0.465 e. The van der Waals surface area contributed by atoms with Crippen LogP contribution in [0.3, 0.4) is 0 Å². The molecular weight excluding hydrogens is 226 g/mol. The number of aryl methyl sites for hydroxylation is 3. The highest BCUT2D eigenvalue weighted by molar-refractivity contribution is 5.11. The second-order valence-electron chi connectivity index (χ2n) is 4.62. The Bertz CT molecular complexity index is 487. The van der Waals surface area contributed by atoms with Gasteiger partial charge in [-0.3, -0.25) is 4.68 Å². The Morgan fingerprint density at radius 1 is 1.44 bits per heavy atom. The van der Waals surface area contributed by atoms with E-state index in [2.05, 4.69) is 29.6 Å². The fraction of sp³-hybridized carbons (Fsp3) is 0.500. The van der Waals surface area contributed by atoms with Crippen LogP contribution in [0.25, 0.3) is 0 Å². The van der Waals surface area contributed by atoms with Crippen LogP contribution in [-0.4, -0.2) is 16.3 Å². The molecule has 0 spiro atoms. The number of hydrogen-bond acceptors (Lipinski definition) is 3. The Balaban J connectivity index is 1.98. The third-order valence-electron chi connectivity index (χ3n) is 3.04. The molecule has 0 bridgehead atoms. The van der Waals surface area contributed by atoms with Gasteiger partial charge in [0.15, 0.2) is 0 Å².